The lowest BCUT2D eigenvalue weighted by atomic mass is 9.93. The number of carbonyl (C=O) groups is 1. The van der Waals surface area contributed by atoms with E-state index in [1.165, 1.54) is 7.11 Å². The van der Waals surface area contributed by atoms with Crippen LogP contribution < -0.4 is 10.1 Å². The van der Waals surface area contributed by atoms with Gasteiger partial charge in [0, 0.05) is 18.7 Å². The first-order valence-corrected chi connectivity index (χ1v) is 16.1. The highest BCUT2D eigenvalue weighted by Gasteiger charge is 2.47. The zero-order chi connectivity index (χ0) is 28.5. The molecule has 1 aliphatic rings. The fraction of sp³-hybridized carbons (Fsp3) is 0.586. The van der Waals surface area contributed by atoms with E-state index in [4.69, 9.17) is 18.9 Å². The molecule has 9 nitrogen and oxygen atoms in total. The average Bonchev–Trinajstić information content (AvgIpc) is 3.25. The van der Waals surface area contributed by atoms with Crippen molar-refractivity contribution in [2.24, 2.45) is 0 Å². The van der Waals surface area contributed by atoms with Gasteiger partial charge >= 0.3 is 11.7 Å². The molecule has 10 heteroatoms. The SMILES string of the molecule is COC(=O)c1nc(-c2cccc(O[Si](C(C)C)(C(C)C)C(C)C)c2)nc2c1[nH]c(=O)n2[C@H]1CC[C@@H](OC)CC1. The molecule has 0 saturated heterocycles. The summed E-state index contributed by atoms with van der Waals surface area (Å²) in [6.45, 7) is 13.5. The molecule has 1 saturated carbocycles. The Labute approximate surface area is 231 Å². The van der Waals surface area contributed by atoms with Gasteiger partial charge in [-0.15, -0.1) is 0 Å². The van der Waals surface area contributed by atoms with Crippen LogP contribution >= 0.6 is 0 Å². The molecule has 1 aromatic carbocycles. The number of hydrogen-bond donors (Lipinski definition) is 1. The predicted molar refractivity (Wildman–Crippen MR) is 155 cm³/mol. The van der Waals surface area contributed by atoms with Crippen LogP contribution in [-0.4, -0.2) is 54.1 Å². The summed E-state index contributed by atoms with van der Waals surface area (Å²) in [7, 11) is 0.843. The van der Waals surface area contributed by atoms with Crippen molar-refractivity contribution in [2.45, 2.75) is 96.0 Å². The number of benzene rings is 1. The van der Waals surface area contributed by atoms with E-state index >= 15 is 0 Å². The number of fused-ring (bicyclic) bond motifs is 1. The van der Waals surface area contributed by atoms with Crippen molar-refractivity contribution in [3.05, 3.63) is 40.4 Å². The Bertz CT molecular complexity index is 1350. The fourth-order valence-corrected chi connectivity index (χ4v) is 11.8. The van der Waals surface area contributed by atoms with E-state index in [1.54, 1.807) is 11.7 Å². The summed E-state index contributed by atoms with van der Waals surface area (Å²) in [4.78, 5) is 38.2. The molecule has 0 radical (unpaired) electrons. The van der Waals surface area contributed by atoms with Crippen LogP contribution in [0.2, 0.25) is 16.6 Å². The van der Waals surface area contributed by atoms with Gasteiger partial charge < -0.3 is 18.9 Å². The molecule has 0 amide bonds. The second kappa shape index (κ2) is 11.6. The monoisotopic (exact) mass is 554 g/mol. The largest absolute Gasteiger partial charge is 0.543 e. The number of rotatable bonds is 9. The molecule has 1 aliphatic carbocycles. The zero-order valence-corrected chi connectivity index (χ0v) is 25.4. The van der Waals surface area contributed by atoms with Crippen molar-refractivity contribution in [3.8, 4) is 17.1 Å². The number of aromatic nitrogens is 4. The lowest BCUT2D eigenvalue weighted by Gasteiger charge is -2.42. The Balaban J connectivity index is 1.83. The molecule has 0 aliphatic heterocycles. The molecule has 212 valence electrons. The van der Waals surface area contributed by atoms with Gasteiger partial charge in [-0.1, -0.05) is 53.7 Å². The van der Waals surface area contributed by atoms with Crippen molar-refractivity contribution in [1.29, 1.82) is 0 Å². The van der Waals surface area contributed by atoms with Gasteiger partial charge in [-0.05, 0) is 54.4 Å². The Morgan fingerprint density at radius 3 is 2.21 bits per heavy atom. The van der Waals surface area contributed by atoms with Crippen molar-refractivity contribution in [2.75, 3.05) is 14.2 Å². The van der Waals surface area contributed by atoms with E-state index in [0.29, 0.717) is 39.2 Å². The van der Waals surface area contributed by atoms with Crippen LogP contribution in [0.4, 0.5) is 0 Å². The van der Waals surface area contributed by atoms with E-state index in [2.05, 4.69) is 51.5 Å². The topological polar surface area (TPSA) is 108 Å². The molecule has 0 spiro atoms. The first kappa shape index (κ1) is 29.0. The van der Waals surface area contributed by atoms with Crippen molar-refractivity contribution in [1.82, 2.24) is 19.5 Å². The van der Waals surface area contributed by atoms with Crippen LogP contribution in [0, 0.1) is 0 Å². The summed E-state index contributed by atoms with van der Waals surface area (Å²) >= 11 is 0. The number of imidazole rings is 1. The standard InChI is InChI=1S/C29H42N4O5Si/c1-17(2)39(18(3)4,19(5)6)38-23-11-9-10-20(16-23)26-30-25(28(34)37-8)24-27(32-26)33(29(35)31-24)21-12-14-22(36-7)15-13-21/h9-11,16-19,21-22H,12-15H2,1-8H3,(H,31,35)/t21-,22+. The summed E-state index contributed by atoms with van der Waals surface area (Å²) in [6, 6.07) is 7.69. The smallest absolute Gasteiger partial charge is 0.359 e. The molecule has 0 bridgehead atoms. The third kappa shape index (κ3) is 5.41. The first-order chi connectivity index (χ1) is 18.5. The minimum absolute atomic E-state index is 0.0421. The average molecular weight is 555 g/mol. The van der Waals surface area contributed by atoms with Crippen LogP contribution in [0.25, 0.3) is 22.6 Å². The summed E-state index contributed by atoms with van der Waals surface area (Å²) in [5.41, 5.74) is 2.41. The van der Waals surface area contributed by atoms with Gasteiger partial charge in [0.05, 0.1) is 13.2 Å². The Morgan fingerprint density at radius 2 is 1.64 bits per heavy atom. The molecular formula is C29H42N4O5Si. The van der Waals surface area contributed by atoms with E-state index in [1.807, 2.05) is 24.3 Å². The maximum atomic E-state index is 13.1. The van der Waals surface area contributed by atoms with E-state index < -0.39 is 14.3 Å². The number of H-pyrrole nitrogens is 1. The maximum Gasteiger partial charge on any atom is 0.359 e. The number of esters is 1. The van der Waals surface area contributed by atoms with E-state index in [0.717, 1.165) is 31.4 Å². The molecule has 39 heavy (non-hydrogen) atoms. The van der Waals surface area contributed by atoms with Gasteiger partial charge in [0.15, 0.2) is 17.2 Å². The normalized spacial score (nSPS) is 18.3. The molecule has 4 rings (SSSR count). The minimum Gasteiger partial charge on any atom is -0.543 e. The number of hydrogen-bond acceptors (Lipinski definition) is 7. The van der Waals surface area contributed by atoms with E-state index in [9.17, 15) is 9.59 Å². The summed E-state index contributed by atoms with van der Waals surface area (Å²) in [5.74, 6) is 0.485. The summed E-state index contributed by atoms with van der Waals surface area (Å²) in [5, 5.41) is 0. The number of aromatic amines is 1. The summed E-state index contributed by atoms with van der Waals surface area (Å²) < 4.78 is 19.1. The van der Waals surface area contributed by atoms with Crippen LogP contribution in [0.15, 0.2) is 29.1 Å². The maximum absolute atomic E-state index is 13.1. The zero-order valence-electron chi connectivity index (χ0n) is 24.4. The second-order valence-corrected chi connectivity index (χ2v) is 16.9. The van der Waals surface area contributed by atoms with Gasteiger partial charge in [-0.3, -0.25) is 4.57 Å². The number of nitrogens with zero attached hydrogens (tertiary/aromatic N) is 3. The number of carbonyl (C=O) groups excluding carboxylic acids is 1. The molecule has 0 unspecified atom stereocenters. The molecule has 2 heterocycles. The lowest BCUT2D eigenvalue weighted by molar-refractivity contribution is 0.0585. The van der Waals surface area contributed by atoms with Gasteiger partial charge in [0.25, 0.3) is 8.32 Å². The first-order valence-electron chi connectivity index (χ1n) is 14.0. The van der Waals surface area contributed by atoms with Crippen LogP contribution in [0.5, 0.6) is 5.75 Å². The predicted octanol–water partition coefficient (Wildman–Crippen LogP) is 6.26. The van der Waals surface area contributed by atoms with E-state index in [-0.39, 0.29) is 23.5 Å². The molecule has 1 fully saturated rings. The Morgan fingerprint density at radius 1 is 1.00 bits per heavy atom. The van der Waals surface area contributed by atoms with Gasteiger partial charge in [-0.25, -0.2) is 19.6 Å². The number of ether oxygens (including phenoxy) is 2. The van der Waals surface area contributed by atoms with Crippen molar-refractivity contribution >= 4 is 25.5 Å². The van der Waals surface area contributed by atoms with Crippen LogP contribution in [0.1, 0.15) is 83.8 Å². The highest BCUT2D eigenvalue weighted by Crippen LogP contribution is 2.43. The van der Waals surface area contributed by atoms with Gasteiger partial charge in [0.2, 0.25) is 0 Å². The molecule has 2 aromatic heterocycles. The molecule has 0 atom stereocenters. The highest BCUT2D eigenvalue weighted by molar-refractivity contribution is 6.78. The Hall–Kier alpha value is -2.98. The molecule has 1 N–H and O–H groups in total. The van der Waals surface area contributed by atoms with Crippen molar-refractivity contribution in [3.63, 3.8) is 0 Å². The quantitative estimate of drug-likeness (QED) is 0.246. The van der Waals surface area contributed by atoms with Crippen LogP contribution in [0.3, 0.4) is 0 Å². The van der Waals surface area contributed by atoms with Gasteiger partial charge in [0.1, 0.15) is 11.3 Å². The minimum atomic E-state index is -2.18. The lowest BCUT2D eigenvalue weighted by Crippen LogP contribution is -2.50. The third-order valence-electron chi connectivity index (χ3n) is 8.38. The summed E-state index contributed by atoms with van der Waals surface area (Å²) in [6.07, 6.45) is 3.48. The number of methoxy groups -OCH3 is 2. The third-order valence-corrected chi connectivity index (χ3v) is 14.4. The molecular weight excluding hydrogens is 512 g/mol. The highest BCUT2D eigenvalue weighted by atomic mass is 28.4. The fourth-order valence-electron chi connectivity index (χ4n) is 6.51. The number of nitrogens with one attached hydrogen (secondary N) is 1. The second-order valence-electron chi connectivity index (χ2n) is 11.5. The van der Waals surface area contributed by atoms with Gasteiger partial charge in [-0.2, -0.15) is 0 Å². The molecule has 3 aromatic rings. The van der Waals surface area contributed by atoms with Crippen LogP contribution in [-0.2, 0) is 9.47 Å². The Kier molecular flexibility index (Phi) is 8.65. The van der Waals surface area contributed by atoms with Crippen molar-refractivity contribution < 1.29 is 18.7 Å².